The van der Waals surface area contributed by atoms with Gasteiger partial charge in [0, 0.05) is 6.20 Å². The Morgan fingerprint density at radius 3 is 2.50 bits per heavy atom. The summed E-state index contributed by atoms with van der Waals surface area (Å²) >= 11 is 0. The van der Waals surface area contributed by atoms with Gasteiger partial charge in [-0.3, -0.25) is 13.9 Å². The van der Waals surface area contributed by atoms with Gasteiger partial charge in [-0.05, 0) is 39.0 Å². The highest BCUT2D eigenvalue weighted by Gasteiger charge is 2.57. The maximum absolute atomic E-state index is 14.2. The topological polar surface area (TPSA) is 178 Å². The van der Waals surface area contributed by atoms with Crippen LogP contribution in [-0.2, 0) is 23.4 Å². The van der Waals surface area contributed by atoms with E-state index in [1.54, 1.807) is 44.2 Å². The minimum atomic E-state index is -4.11. The maximum Gasteiger partial charge on any atom is 0.380 e. The first kappa shape index (κ1) is 29.7. The number of para-hydroxylation sites is 1. The van der Waals surface area contributed by atoms with Crippen molar-refractivity contribution in [3.05, 3.63) is 53.1 Å². The number of carbonyl (C=O) groups excluding carboxylic acids is 1. The molecule has 1 aromatic heterocycles. The van der Waals surface area contributed by atoms with Gasteiger partial charge in [0.25, 0.3) is 0 Å². The van der Waals surface area contributed by atoms with Crippen LogP contribution in [0.4, 0.5) is 10.2 Å². The fraction of sp³-hybridized carbons (Fsp3) is 0.542. The van der Waals surface area contributed by atoms with Crippen LogP contribution in [0.5, 0.6) is 5.75 Å². The molecule has 0 aliphatic carbocycles. The second kappa shape index (κ2) is 11.9. The van der Waals surface area contributed by atoms with E-state index in [9.17, 15) is 23.7 Å². The molecule has 3 rings (SSSR count). The van der Waals surface area contributed by atoms with Crippen LogP contribution in [0.25, 0.3) is 0 Å². The van der Waals surface area contributed by atoms with Crippen molar-refractivity contribution in [3.63, 3.8) is 0 Å². The SMILES string of the molecule is CC(C)OC(=O)[C@H](C)C[P@](=O)(Oc1ccccc1)O[C@H](C)[C@H]1O[C@@H](n2ccc(N)nc2=O)C(N)(CF)[C@H]1O. The molecule has 0 bridgehead atoms. The number of halogens is 1. The zero-order valence-corrected chi connectivity index (χ0v) is 22.5. The third-order valence-electron chi connectivity index (χ3n) is 5.97. The van der Waals surface area contributed by atoms with E-state index in [0.29, 0.717) is 0 Å². The number of hydrogen-bond donors (Lipinski definition) is 3. The van der Waals surface area contributed by atoms with Gasteiger partial charge in [-0.1, -0.05) is 25.1 Å². The van der Waals surface area contributed by atoms with Crippen molar-refractivity contribution in [3.8, 4) is 5.75 Å². The fourth-order valence-corrected chi connectivity index (χ4v) is 6.15. The van der Waals surface area contributed by atoms with Gasteiger partial charge in [-0.2, -0.15) is 4.98 Å². The number of benzene rings is 1. The molecule has 1 aromatic carbocycles. The number of carbonyl (C=O) groups is 1. The summed E-state index contributed by atoms with van der Waals surface area (Å²) in [5, 5.41) is 11.0. The summed E-state index contributed by atoms with van der Waals surface area (Å²) in [5.41, 5.74) is 8.78. The predicted molar refractivity (Wildman–Crippen MR) is 136 cm³/mol. The van der Waals surface area contributed by atoms with E-state index in [0.717, 1.165) is 4.57 Å². The van der Waals surface area contributed by atoms with Crippen LogP contribution in [0, 0.1) is 5.92 Å². The number of nitrogens with two attached hydrogens (primary N) is 2. The minimum Gasteiger partial charge on any atom is -0.463 e. The lowest BCUT2D eigenvalue weighted by molar-refractivity contribution is -0.151. The maximum atomic E-state index is 14.2. The molecule has 0 amide bonds. The van der Waals surface area contributed by atoms with E-state index in [4.69, 9.17) is 30.0 Å². The van der Waals surface area contributed by atoms with Crippen molar-refractivity contribution in [1.29, 1.82) is 0 Å². The van der Waals surface area contributed by atoms with Gasteiger partial charge in [0.2, 0.25) is 0 Å². The summed E-state index contributed by atoms with van der Waals surface area (Å²) in [4.78, 5) is 28.4. The zero-order valence-electron chi connectivity index (χ0n) is 21.6. The number of alkyl halides is 1. The van der Waals surface area contributed by atoms with Crippen LogP contribution in [0.2, 0.25) is 0 Å². The number of aliphatic hydroxyl groups is 1. The molecule has 38 heavy (non-hydrogen) atoms. The van der Waals surface area contributed by atoms with Crippen molar-refractivity contribution < 1.29 is 37.4 Å². The first-order chi connectivity index (χ1) is 17.8. The molecule has 1 aliphatic rings. The number of esters is 1. The summed E-state index contributed by atoms with van der Waals surface area (Å²) in [6, 6.07) is 9.47. The molecular formula is C24H34FN4O8P. The van der Waals surface area contributed by atoms with Crippen molar-refractivity contribution in [2.75, 3.05) is 18.6 Å². The smallest absolute Gasteiger partial charge is 0.380 e. The Morgan fingerprint density at radius 2 is 1.92 bits per heavy atom. The van der Waals surface area contributed by atoms with Gasteiger partial charge >= 0.3 is 19.3 Å². The summed E-state index contributed by atoms with van der Waals surface area (Å²) in [5.74, 6) is -1.32. The predicted octanol–water partition coefficient (Wildman–Crippen LogP) is 2.02. The lowest BCUT2D eigenvalue weighted by atomic mass is 9.91. The standard InChI is InChI=1S/C24H34FN4O8P/c1-14(2)34-21(31)15(3)12-38(33,37-17-8-6-5-7-9-17)36-16(4)19-20(30)24(27,13-25)22(35-19)29-11-10-18(26)28-23(29)32/h5-11,14-16,19-20,22,30H,12-13,27H2,1-4H3,(H2,26,28,32)/t15-,16-,19-,20+,22-,24?,38-/m1/s1. The number of nitrogen functional groups attached to an aromatic ring is 1. The van der Waals surface area contributed by atoms with Crippen molar-refractivity contribution >= 4 is 19.4 Å². The van der Waals surface area contributed by atoms with Crippen LogP contribution < -0.4 is 21.7 Å². The third kappa shape index (κ3) is 6.59. The number of nitrogens with zero attached hydrogens (tertiary/aromatic N) is 2. The Morgan fingerprint density at radius 1 is 1.26 bits per heavy atom. The molecule has 210 valence electrons. The Kier molecular flexibility index (Phi) is 9.32. The van der Waals surface area contributed by atoms with Gasteiger partial charge in [-0.15, -0.1) is 0 Å². The molecule has 0 spiro atoms. The molecule has 0 radical (unpaired) electrons. The second-order valence-electron chi connectivity index (χ2n) is 9.58. The van der Waals surface area contributed by atoms with Crippen LogP contribution in [0.15, 0.2) is 47.4 Å². The molecule has 2 heterocycles. The average molecular weight is 557 g/mol. The molecule has 0 saturated carbocycles. The summed E-state index contributed by atoms with van der Waals surface area (Å²) in [6.45, 7) is 5.05. The van der Waals surface area contributed by atoms with Gasteiger partial charge in [0.1, 0.15) is 36.0 Å². The van der Waals surface area contributed by atoms with Gasteiger partial charge < -0.3 is 30.6 Å². The average Bonchev–Trinajstić information content (AvgIpc) is 3.10. The van der Waals surface area contributed by atoms with Crippen molar-refractivity contribution in [2.24, 2.45) is 11.7 Å². The Labute approximate surface area is 219 Å². The molecule has 2 aromatic rings. The molecule has 1 aliphatic heterocycles. The highest BCUT2D eigenvalue weighted by atomic mass is 31.2. The molecule has 14 heteroatoms. The number of aliphatic hydroxyl groups excluding tert-OH is 1. The molecule has 5 N–H and O–H groups in total. The quantitative estimate of drug-likeness (QED) is 0.272. The van der Waals surface area contributed by atoms with Gasteiger partial charge in [0.05, 0.1) is 24.3 Å². The highest BCUT2D eigenvalue weighted by molar-refractivity contribution is 7.54. The van der Waals surface area contributed by atoms with Gasteiger partial charge in [-0.25, -0.2) is 13.8 Å². The van der Waals surface area contributed by atoms with E-state index in [1.165, 1.54) is 26.1 Å². The summed E-state index contributed by atoms with van der Waals surface area (Å²) in [7, 11) is -4.11. The van der Waals surface area contributed by atoms with Crippen molar-refractivity contribution in [1.82, 2.24) is 9.55 Å². The molecule has 1 fully saturated rings. The third-order valence-corrected chi connectivity index (χ3v) is 8.11. The fourth-order valence-electron chi connectivity index (χ4n) is 4.06. The number of aromatic nitrogens is 2. The first-order valence-corrected chi connectivity index (χ1v) is 13.8. The van der Waals surface area contributed by atoms with E-state index >= 15 is 0 Å². The zero-order chi connectivity index (χ0) is 28.3. The molecule has 1 unspecified atom stereocenters. The Bertz CT molecular complexity index is 1220. The Hall–Kier alpha value is -2.83. The molecule has 12 nitrogen and oxygen atoms in total. The largest absolute Gasteiger partial charge is 0.463 e. The van der Waals surface area contributed by atoms with E-state index < -0.39 is 61.9 Å². The normalized spacial score (nSPS) is 26.5. The van der Waals surface area contributed by atoms with Gasteiger partial charge in [0.15, 0.2) is 6.23 Å². The molecule has 7 atom stereocenters. The van der Waals surface area contributed by atoms with Crippen LogP contribution in [-0.4, -0.2) is 63.4 Å². The summed E-state index contributed by atoms with van der Waals surface area (Å²) in [6.07, 6.45) is -5.22. The highest BCUT2D eigenvalue weighted by Crippen LogP contribution is 2.52. The lowest BCUT2D eigenvalue weighted by Gasteiger charge is -2.31. The lowest BCUT2D eigenvalue weighted by Crippen LogP contribution is -2.58. The van der Waals surface area contributed by atoms with Crippen LogP contribution in [0.1, 0.15) is 33.9 Å². The summed E-state index contributed by atoms with van der Waals surface area (Å²) < 4.78 is 51.7. The Balaban J connectivity index is 1.88. The number of rotatable bonds is 11. The monoisotopic (exact) mass is 556 g/mol. The molecular weight excluding hydrogens is 522 g/mol. The van der Waals surface area contributed by atoms with Crippen molar-refractivity contribution in [2.45, 2.75) is 63.9 Å². The number of hydrogen-bond acceptors (Lipinski definition) is 11. The van der Waals surface area contributed by atoms with E-state index in [1.807, 2.05) is 0 Å². The molecule has 1 saturated heterocycles. The number of ether oxygens (including phenoxy) is 2. The van der Waals surface area contributed by atoms with Crippen LogP contribution >= 0.6 is 7.60 Å². The minimum absolute atomic E-state index is 0.0648. The number of anilines is 1. The van der Waals surface area contributed by atoms with E-state index in [2.05, 4.69) is 4.98 Å². The van der Waals surface area contributed by atoms with Crippen LogP contribution in [0.3, 0.4) is 0 Å². The second-order valence-corrected chi connectivity index (χ2v) is 11.6. The first-order valence-electron chi connectivity index (χ1n) is 12.0. The van der Waals surface area contributed by atoms with E-state index in [-0.39, 0.29) is 23.8 Å².